The van der Waals surface area contributed by atoms with E-state index in [1.54, 1.807) is 18.2 Å². The Morgan fingerprint density at radius 3 is 2.74 bits per heavy atom. The molecule has 1 aliphatic rings. The predicted molar refractivity (Wildman–Crippen MR) is 79.7 cm³/mol. The molecule has 1 aliphatic carbocycles. The monoisotopic (exact) mass is 299 g/mol. The van der Waals surface area contributed by atoms with Crippen LogP contribution in [0.5, 0.6) is 0 Å². The van der Waals surface area contributed by atoms with Crippen LogP contribution in [-0.2, 0) is 11.2 Å². The predicted octanol–water partition coefficient (Wildman–Crippen LogP) is 4.01. The first-order chi connectivity index (χ1) is 9.08. The van der Waals surface area contributed by atoms with Crippen molar-refractivity contribution < 1.29 is 4.79 Å². The Balaban J connectivity index is 2.09. The summed E-state index contributed by atoms with van der Waals surface area (Å²) >= 11 is 12.1. The van der Waals surface area contributed by atoms with Gasteiger partial charge in [-0.15, -0.1) is 0 Å². The summed E-state index contributed by atoms with van der Waals surface area (Å²) in [7, 11) is 0. The molecule has 0 bridgehead atoms. The van der Waals surface area contributed by atoms with Crippen LogP contribution < -0.4 is 5.73 Å². The summed E-state index contributed by atoms with van der Waals surface area (Å²) in [6, 6.07) is 5.23. The lowest BCUT2D eigenvalue weighted by atomic mass is 9.88. The average molecular weight is 300 g/mol. The molecule has 2 nitrogen and oxygen atoms in total. The molecule has 0 aliphatic heterocycles. The number of rotatable bonds is 3. The van der Waals surface area contributed by atoms with Gasteiger partial charge in [0, 0.05) is 28.4 Å². The standard InChI is InChI=1S/C15H19Cl2NO/c16-11-6-7-13(17)10(8-11)9-15(19)12-4-2-1-3-5-14(12)18/h6-8,12,14H,1-5,9,18H2. The van der Waals surface area contributed by atoms with Gasteiger partial charge in [-0.25, -0.2) is 0 Å². The largest absolute Gasteiger partial charge is 0.327 e. The Hall–Kier alpha value is -0.570. The topological polar surface area (TPSA) is 43.1 Å². The normalized spacial score (nSPS) is 23.9. The van der Waals surface area contributed by atoms with Gasteiger partial charge in [0.15, 0.2) is 0 Å². The molecule has 0 amide bonds. The van der Waals surface area contributed by atoms with Crippen LogP contribution in [0.1, 0.15) is 37.7 Å². The number of Topliss-reactive ketones (excluding diaryl/α,β-unsaturated/α-hetero) is 1. The van der Waals surface area contributed by atoms with E-state index in [0.29, 0.717) is 16.5 Å². The lowest BCUT2D eigenvalue weighted by molar-refractivity contribution is -0.123. The van der Waals surface area contributed by atoms with Crippen molar-refractivity contribution in [1.82, 2.24) is 0 Å². The lowest BCUT2D eigenvalue weighted by Crippen LogP contribution is -2.35. The molecule has 1 aromatic rings. The van der Waals surface area contributed by atoms with Crippen molar-refractivity contribution in [3.05, 3.63) is 33.8 Å². The van der Waals surface area contributed by atoms with Gasteiger partial charge in [0.05, 0.1) is 0 Å². The number of ketones is 1. The van der Waals surface area contributed by atoms with E-state index in [4.69, 9.17) is 28.9 Å². The van der Waals surface area contributed by atoms with Crippen molar-refractivity contribution in [2.75, 3.05) is 0 Å². The number of nitrogens with two attached hydrogens (primary N) is 1. The van der Waals surface area contributed by atoms with Crippen molar-refractivity contribution in [2.24, 2.45) is 11.7 Å². The smallest absolute Gasteiger partial charge is 0.141 e. The fourth-order valence-corrected chi connectivity index (χ4v) is 3.11. The molecule has 0 aromatic heterocycles. The number of carbonyl (C=O) groups is 1. The van der Waals surface area contributed by atoms with E-state index in [9.17, 15) is 4.79 Å². The molecule has 0 saturated heterocycles. The molecule has 2 N–H and O–H groups in total. The van der Waals surface area contributed by atoms with Crippen LogP contribution in [-0.4, -0.2) is 11.8 Å². The Labute approximate surface area is 124 Å². The third-order valence-corrected chi connectivity index (χ3v) is 4.46. The molecule has 2 unspecified atom stereocenters. The van der Waals surface area contributed by atoms with E-state index in [-0.39, 0.29) is 17.7 Å². The van der Waals surface area contributed by atoms with Gasteiger partial charge < -0.3 is 5.73 Å². The van der Waals surface area contributed by atoms with Crippen molar-refractivity contribution in [2.45, 2.75) is 44.6 Å². The van der Waals surface area contributed by atoms with E-state index < -0.39 is 0 Å². The van der Waals surface area contributed by atoms with Crippen LogP contribution in [0.4, 0.5) is 0 Å². The first-order valence-corrected chi connectivity index (χ1v) is 7.55. The minimum Gasteiger partial charge on any atom is -0.327 e. The van der Waals surface area contributed by atoms with Crippen molar-refractivity contribution in [3.63, 3.8) is 0 Å². The lowest BCUT2D eigenvalue weighted by Gasteiger charge is -2.20. The minimum atomic E-state index is -0.0300. The minimum absolute atomic E-state index is 0.00652. The van der Waals surface area contributed by atoms with Crippen molar-refractivity contribution >= 4 is 29.0 Å². The highest BCUT2D eigenvalue weighted by atomic mass is 35.5. The van der Waals surface area contributed by atoms with Gasteiger partial charge in [0.25, 0.3) is 0 Å². The van der Waals surface area contributed by atoms with E-state index in [1.807, 2.05) is 0 Å². The first kappa shape index (κ1) is 14.8. The van der Waals surface area contributed by atoms with E-state index >= 15 is 0 Å². The maximum absolute atomic E-state index is 12.4. The highest BCUT2D eigenvalue weighted by Crippen LogP contribution is 2.27. The Bertz CT molecular complexity index is 461. The van der Waals surface area contributed by atoms with Gasteiger partial charge in [-0.3, -0.25) is 4.79 Å². The van der Waals surface area contributed by atoms with Crippen LogP contribution in [0.25, 0.3) is 0 Å². The molecule has 1 saturated carbocycles. The quantitative estimate of drug-likeness (QED) is 0.857. The Morgan fingerprint density at radius 2 is 1.95 bits per heavy atom. The molecule has 0 radical (unpaired) electrons. The molecule has 19 heavy (non-hydrogen) atoms. The van der Waals surface area contributed by atoms with Gasteiger partial charge in [-0.2, -0.15) is 0 Å². The van der Waals surface area contributed by atoms with Crippen LogP contribution in [0.15, 0.2) is 18.2 Å². The molecule has 2 atom stereocenters. The molecule has 0 heterocycles. The average Bonchev–Trinajstić information content (AvgIpc) is 2.58. The molecular formula is C15H19Cl2NO. The summed E-state index contributed by atoms with van der Waals surface area (Å²) in [4.78, 5) is 12.4. The van der Waals surface area contributed by atoms with Crippen LogP contribution in [0, 0.1) is 5.92 Å². The molecule has 104 valence electrons. The van der Waals surface area contributed by atoms with E-state index in [1.165, 1.54) is 6.42 Å². The van der Waals surface area contributed by atoms with Crippen molar-refractivity contribution in [3.8, 4) is 0 Å². The summed E-state index contributed by atoms with van der Waals surface area (Å²) in [6.45, 7) is 0. The summed E-state index contributed by atoms with van der Waals surface area (Å²) in [5.74, 6) is 0.163. The Kier molecular flexibility index (Phi) is 5.26. The molecule has 4 heteroatoms. The molecule has 1 fully saturated rings. The third-order valence-electron chi connectivity index (χ3n) is 3.86. The van der Waals surface area contributed by atoms with Gasteiger partial charge in [-0.1, -0.05) is 42.5 Å². The highest BCUT2D eigenvalue weighted by Gasteiger charge is 2.27. The fraction of sp³-hybridized carbons (Fsp3) is 0.533. The van der Waals surface area contributed by atoms with Gasteiger partial charge >= 0.3 is 0 Å². The van der Waals surface area contributed by atoms with Crippen molar-refractivity contribution in [1.29, 1.82) is 0 Å². The van der Waals surface area contributed by atoms with E-state index in [0.717, 1.165) is 31.2 Å². The van der Waals surface area contributed by atoms with Crippen LogP contribution in [0.3, 0.4) is 0 Å². The fourth-order valence-electron chi connectivity index (χ4n) is 2.73. The molecular weight excluding hydrogens is 281 g/mol. The number of halogens is 2. The maximum Gasteiger partial charge on any atom is 0.141 e. The first-order valence-electron chi connectivity index (χ1n) is 6.80. The second kappa shape index (κ2) is 6.74. The van der Waals surface area contributed by atoms with Crippen LogP contribution in [0.2, 0.25) is 10.0 Å². The maximum atomic E-state index is 12.4. The second-order valence-electron chi connectivity index (χ2n) is 5.29. The summed E-state index contributed by atoms with van der Waals surface area (Å²) in [5, 5.41) is 1.21. The second-order valence-corrected chi connectivity index (χ2v) is 6.13. The number of benzene rings is 1. The van der Waals surface area contributed by atoms with Gasteiger partial charge in [0.2, 0.25) is 0 Å². The van der Waals surface area contributed by atoms with Crippen LogP contribution >= 0.6 is 23.2 Å². The molecule has 2 rings (SSSR count). The van der Waals surface area contributed by atoms with Gasteiger partial charge in [0.1, 0.15) is 5.78 Å². The summed E-state index contributed by atoms with van der Waals surface area (Å²) in [5.41, 5.74) is 6.92. The third kappa shape index (κ3) is 3.95. The van der Waals surface area contributed by atoms with E-state index in [2.05, 4.69) is 0 Å². The summed E-state index contributed by atoms with van der Waals surface area (Å²) < 4.78 is 0. The highest BCUT2D eigenvalue weighted by molar-refractivity contribution is 6.33. The number of hydrogen-bond acceptors (Lipinski definition) is 2. The number of hydrogen-bond donors (Lipinski definition) is 1. The zero-order valence-corrected chi connectivity index (χ0v) is 12.4. The zero-order chi connectivity index (χ0) is 13.8. The SMILES string of the molecule is NC1CCCCCC1C(=O)Cc1cc(Cl)ccc1Cl. The summed E-state index contributed by atoms with van der Waals surface area (Å²) in [6.07, 6.45) is 5.57. The van der Waals surface area contributed by atoms with Gasteiger partial charge in [-0.05, 0) is 36.6 Å². The number of carbonyl (C=O) groups excluding carboxylic acids is 1. The molecule has 0 spiro atoms. The zero-order valence-electron chi connectivity index (χ0n) is 10.9. The Morgan fingerprint density at radius 1 is 1.21 bits per heavy atom. The molecule has 1 aromatic carbocycles.